The minimum Gasteiger partial charge on any atom is -0.390 e. The molecular weight excluding hydrogens is 392 g/mol. The number of azide groups is 1. The quantitative estimate of drug-likeness (QED) is 0.268. The largest absolute Gasteiger partial charge is 0.390 e. The van der Waals surface area contributed by atoms with Gasteiger partial charge in [0.15, 0.2) is 12.5 Å². The third-order valence-corrected chi connectivity index (χ3v) is 4.09. The molecule has 21 heavy (non-hydrogen) atoms. The van der Waals surface area contributed by atoms with E-state index in [2.05, 4.69) is 10.0 Å². The number of alkyl halides is 2. The van der Waals surface area contributed by atoms with Gasteiger partial charge in [0.1, 0.15) is 6.04 Å². The maximum Gasteiger partial charge on any atom is 0.190 e. The highest BCUT2D eigenvalue weighted by molar-refractivity contribution is 14.1. The molecule has 1 fully saturated rings. The van der Waals surface area contributed by atoms with Crippen LogP contribution in [0.5, 0.6) is 0 Å². The SMILES string of the molecule is [N-]=[N+]=N[C@@H]1[C@H](O)[C@@H](CI)O[C@H](OCc2ccccc2)[C@H]1F. The lowest BCUT2D eigenvalue weighted by Gasteiger charge is -2.39. The van der Waals surface area contributed by atoms with Gasteiger partial charge in [-0.05, 0) is 11.1 Å². The summed E-state index contributed by atoms with van der Waals surface area (Å²) in [5.74, 6) is 0. The maximum absolute atomic E-state index is 14.3. The molecular formula is C13H15FIN3O3. The Kier molecular flexibility index (Phi) is 6.19. The Balaban J connectivity index is 2.05. The first-order chi connectivity index (χ1) is 10.2. The van der Waals surface area contributed by atoms with Crippen LogP contribution in [0.4, 0.5) is 4.39 Å². The molecule has 1 saturated heterocycles. The molecule has 8 heteroatoms. The number of aliphatic hydroxyl groups is 1. The topological polar surface area (TPSA) is 87.5 Å². The van der Waals surface area contributed by atoms with E-state index in [1.54, 1.807) is 0 Å². The van der Waals surface area contributed by atoms with Gasteiger partial charge in [0.2, 0.25) is 0 Å². The van der Waals surface area contributed by atoms with Gasteiger partial charge in [0, 0.05) is 9.34 Å². The predicted octanol–water partition coefficient (Wildman–Crippen LogP) is 2.74. The van der Waals surface area contributed by atoms with Crippen LogP contribution in [0.3, 0.4) is 0 Å². The Morgan fingerprint density at radius 1 is 1.43 bits per heavy atom. The van der Waals surface area contributed by atoms with Gasteiger partial charge in [-0.2, -0.15) is 0 Å². The van der Waals surface area contributed by atoms with Gasteiger partial charge < -0.3 is 14.6 Å². The molecule has 114 valence electrons. The summed E-state index contributed by atoms with van der Waals surface area (Å²) in [5.41, 5.74) is 9.38. The average Bonchev–Trinajstić information content (AvgIpc) is 2.52. The van der Waals surface area contributed by atoms with E-state index in [0.717, 1.165) is 5.56 Å². The lowest BCUT2D eigenvalue weighted by molar-refractivity contribution is -0.254. The lowest BCUT2D eigenvalue weighted by atomic mass is 9.99. The van der Waals surface area contributed by atoms with Gasteiger partial charge in [-0.3, -0.25) is 0 Å². The highest BCUT2D eigenvalue weighted by Gasteiger charge is 2.45. The summed E-state index contributed by atoms with van der Waals surface area (Å²) in [6, 6.07) is 8.08. The Hall–Kier alpha value is -0.930. The zero-order valence-corrected chi connectivity index (χ0v) is 13.2. The molecule has 5 atom stereocenters. The molecule has 0 spiro atoms. The number of halogens is 2. The van der Waals surface area contributed by atoms with Crippen molar-refractivity contribution in [2.24, 2.45) is 5.11 Å². The van der Waals surface area contributed by atoms with Crippen molar-refractivity contribution in [3.05, 3.63) is 46.3 Å². The summed E-state index contributed by atoms with van der Waals surface area (Å²) in [5, 5.41) is 13.3. The second-order valence-corrected chi connectivity index (χ2v) is 5.51. The van der Waals surface area contributed by atoms with E-state index in [1.165, 1.54) is 0 Å². The number of nitrogens with zero attached hydrogens (tertiary/aromatic N) is 3. The standard InChI is InChI=1S/C13H15FIN3O3/c14-10-11(17-18-16)12(19)9(6-15)21-13(10)20-7-8-4-2-1-3-5-8/h1-5,9-13,19H,6-7H2/t9-,10+,11+,12-,13+/m1/s1. The number of benzene rings is 1. The molecule has 2 rings (SSSR count). The van der Waals surface area contributed by atoms with Crippen molar-refractivity contribution in [2.75, 3.05) is 4.43 Å². The van der Waals surface area contributed by atoms with E-state index in [-0.39, 0.29) is 6.61 Å². The van der Waals surface area contributed by atoms with Crippen LogP contribution in [0.1, 0.15) is 5.56 Å². The first-order valence-corrected chi connectivity index (χ1v) is 7.93. The normalized spacial score (nSPS) is 32.4. The average molecular weight is 407 g/mol. The molecule has 0 unspecified atom stereocenters. The summed E-state index contributed by atoms with van der Waals surface area (Å²) in [6.45, 7) is 0.180. The molecule has 1 N–H and O–H groups in total. The number of hydrogen-bond acceptors (Lipinski definition) is 4. The van der Waals surface area contributed by atoms with Crippen LogP contribution in [-0.4, -0.2) is 40.2 Å². The highest BCUT2D eigenvalue weighted by atomic mass is 127. The molecule has 0 bridgehead atoms. The van der Waals surface area contributed by atoms with Gasteiger partial charge in [-0.1, -0.05) is 58.0 Å². The zero-order chi connectivity index (χ0) is 15.2. The van der Waals surface area contributed by atoms with Crippen molar-refractivity contribution in [1.29, 1.82) is 0 Å². The van der Waals surface area contributed by atoms with Gasteiger partial charge in [-0.25, -0.2) is 4.39 Å². The van der Waals surface area contributed by atoms with E-state index >= 15 is 0 Å². The van der Waals surface area contributed by atoms with Crippen LogP contribution in [0, 0.1) is 0 Å². The molecule has 1 aliphatic heterocycles. The minimum absolute atomic E-state index is 0.180. The van der Waals surface area contributed by atoms with Crippen molar-refractivity contribution >= 4 is 22.6 Å². The van der Waals surface area contributed by atoms with Crippen LogP contribution in [-0.2, 0) is 16.1 Å². The zero-order valence-electron chi connectivity index (χ0n) is 11.0. The second-order valence-electron chi connectivity index (χ2n) is 4.62. The number of aliphatic hydroxyl groups excluding tert-OH is 1. The Labute approximate surface area is 135 Å². The summed E-state index contributed by atoms with van der Waals surface area (Å²) >= 11 is 2.02. The fraction of sp³-hybridized carbons (Fsp3) is 0.538. The molecule has 0 saturated carbocycles. The lowest BCUT2D eigenvalue weighted by Crippen LogP contribution is -2.56. The van der Waals surface area contributed by atoms with E-state index < -0.39 is 30.7 Å². The number of rotatable bonds is 5. The maximum atomic E-state index is 14.3. The van der Waals surface area contributed by atoms with Gasteiger partial charge in [0.05, 0.1) is 18.8 Å². The van der Waals surface area contributed by atoms with Gasteiger partial charge in [-0.15, -0.1) is 0 Å². The van der Waals surface area contributed by atoms with Crippen LogP contribution >= 0.6 is 22.6 Å². The third kappa shape index (κ3) is 4.04. The smallest absolute Gasteiger partial charge is 0.190 e. The van der Waals surface area contributed by atoms with Crippen LogP contribution < -0.4 is 0 Å². The fourth-order valence-electron chi connectivity index (χ4n) is 2.10. The molecule has 0 radical (unpaired) electrons. The monoisotopic (exact) mass is 407 g/mol. The van der Waals surface area contributed by atoms with Gasteiger partial charge in [0.25, 0.3) is 0 Å². The first kappa shape index (κ1) is 16.4. The summed E-state index contributed by atoms with van der Waals surface area (Å²) in [7, 11) is 0. The molecule has 0 aromatic heterocycles. The highest BCUT2D eigenvalue weighted by Crippen LogP contribution is 2.28. The Morgan fingerprint density at radius 2 is 2.14 bits per heavy atom. The molecule has 1 heterocycles. The third-order valence-electron chi connectivity index (χ3n) is 3.22. The molecule has 1 aliphatic rings. The first-order valence-electron chi connectivity index (χ1n) is 6.40. The van der Waals surface area contributed by atoms with E-state index in [9.17, 15) is 9.50 Å². The summed E-state index contributed by atoms with van der Waals surface area (Å²) in [4.78, 5) is 2.59. The minimum atomic E-state index is -1.71. The Bertz CT molecular complexity index is 501. The van der Waals surface area contributed by atoms with Crippen LogP contribution in [0.25, 0.3) is 10.4 Å². The van der Waals surface area contributed by atoms with E-state index in [4.69, 9.17) is 15.0 Å². The van der Waals surface area contributed by atoms with E-state index in [1.807, 2.05) is 52.9 Å². The van der Waals surface area contributed by atoms with Crippen LogP contribution in [0.15, 0.2) is 35.4 Å². The summed E-state index contributed by atoms with van der Waals surface area (Å²) in [6.07, 6.45) is -4.68. The summed E-state index contributed by atoms with van der Waals surface area (Å²) < 4.78 is 25.6. The van der Waals surface area contributed by atoms with Crippen molar-refractivity contribution in [2.45, 2.75) is 37.3 Å². The fourth-order valence-corrected chi connectivity index (χ4v) is 2.83. The van der Waals surface area contributed by atoms with Gasteiger partial charge >= 0.3 is 0 Å². The number of ether oxygens (including phenoxy) is 2. The Morgan fingerprint density at radius 3 is 2.76 bits per heavy atom. The van der Waals surface area contributed by atoms with Crippen molar-refractivity contribution in [1.82, 2.24) is 0 Å². The molecule has 6 nitrogen and oxygen atoms in total. The van der Waals surface area contributed by atoms with Crippen molar-refractivity contribution < 1.29 is 19.0 Å². The second kappa shape index (κ2) is 7.90. The molecule has 1 aromatic rings. The molecule has 0 aliphatic carbocycles. The molecule has 0 amide bonds. The number of hydrogen-bond donors (Lipinski definition) is 1. The molecule has 1 aromatic carbocycles. The predicted molar refractivity (Wildman–Crippen MR) is 82.6 cm³/mol. The van der Waals surface area contributed by atoms with E-state index in [0.29, 0.717) is 4.43 Å². The van der Waals surface area contributed by atoms with Crippen LogP contribution in [0.2, 0.25) is 0 Å². The van der Waals surface area contributed by atoms with Crippen molar-refractivity contribution in [3.8, 4) is 0 Å². The van der Waals surface area contributed by atoms with Crippen molar-refractivity contribution in [3.63, 3.8) is 0 Å².